The lowest BCUT2D eigenvalue weighted by molar-refractivity contribution is -0.275. The van der Waals surface area contributed by atoms with E-state index in [1.807, 2.05) is 0 Å². The number of amides is 1. The molecule has 1 N–H and O–H groups in total. The largest absolute Gasteiger partial charge is 0.573 e. The molecular formula is C14H20ClF3N2O2. The van der Waals surface area contributed by atoms with Crippen molar-refractivity contribution in [2.24, 2.45) is 0 Å². The lowest BCUT2D eigenvalue weighted by atomic mass is 10.2. The van der Waals surface area contributed by atoms with Gasteiger partial charge in [-0.1, -0.05) is 18.2 Å². The van der Waals surface area contributed by atoms with Gasteiger partial charge in [0, 0.05) is 25.6 Å². The summed E-state index contributed by atoms with van der Waals surface area (Å²) in [6.45, 7) is 0.790. The van der Waals surface area contributed by atoms with E-state index in [1.165, 1.54) is 23.1 Å². The number of alkyl halides is 3. The Morgan fingerprint density at radius 2 is 1.95 bits per heavy atom. The Morgan fingerprint density at radius 3 is 2.55 bits per heavy atom. The maximum Gasteiger partial charge on any atom is 0.573 e. The molecule has 0 aliphatic heterocycles. The number of nitrogens with zero attached hydrogens (tertiary/aromatic N) is 1. The van der Waals surface area contributed by atoms with Crippen molar-refractivity contribution in [1.29, 1.82) is 0 Å². The molecule has 126 valence electrons. The van der Waals surface area contributed by atoms with E-state index in [4.69, 9.17) is 0 Å². The molecule has 0 saturated heterocycles. The second-order valence-corrected chi connectivity index (χ2v) is 4.61. The summed E-state index contributed by atoms with van der Waals surface area (Å²) in [4.78, 5) is 13.3. The minimum Gasteiger partial charge on any atom is -0.405 e. The highest BCUT2D eigenvalue weighted by molar-refractivity contribution is 5.85. The highest BCUT2D eigenvalue weighted by Crippen LogP contribution is 2.27. The Hall–Kier alpha value is -1.47. The molecule has 1 rings (SSSR count). The summed E-state index contributed by atoms with van der Waals surface area (Å²) in [5.41, 5.74) is 0.319. The molecule has 1 amide bonds. The van der Waals surface area contributed by atoms with Gasteiger partial charge < -0.3 is 15.0 Å². The molecule has 0 unspecified atom stereocenters. The van der Waals surface area contributed by atoms with E-state index in [-0.39, 0.29) is 30.6 Å². The predicted octanol–water partition coefficient (Wildman–Crippen LogP) is 2.97. The first-order valence-electron chi connectivity index (χ1n) is 6.55. The van der Waals surface area contributed by atoms with Crippen molar-refractivity contribution in [3.8, 4) is 5.75 Å². The van der Waals surface area contributed by atoms with Crippen LogP contribution in [0.15, 0.2) is 24.3 Å². The molecule has 4 nitrogen and oxygen atoms in total. The van der Waals surface area contributed by atoms with Gasteiger partial charge in [-0.15, -0.1) is 25.6 Å². The number of halogens is 4. The van der Waals surface area contributed by atoms with Gasteiger partial charge in [-0.3, -0.25) is 4.79 Å². The Labute approximate surface area is 134 Å². The molecule has 1 aromatic rings. The summed E-state index contributed by atoms with van der Waals surface area (Å²) >= 11 is 0. The molecule has 1 aromatic carbocycles. The van der Waals surface area contributed by atoms with Crippen LogP contribution in [0, 0.1) is 0 Å². The highest BCUT2D eigenvalue weighted by atomic mass is 35.5. The van der Waals surface area contributed by atoms with E-state index in [9.17, 15) is 18.0 Å². The zero-order valence-corrected chi connectivity index (χ0v) is 13.3. The first-order chi connectivity index (χ1) is 9.83. The molecule has 0 aliphatic carbocycles. The van der Waals surface area contributed by atoms with E-state index in [0.717, 1.165) is 0 Å². The van der Waals surface area contributed by atoms with Gasteiger partial charge >= 0.3 is 6.36 Å². The zero-order valence-electron chi connectivity index (χ0n) is 12.4. The monoisotopic (exact) mass is 340 g/mol. The predicted molar refractivity (Wildman–Crippen MR) is 80.0 cm³/mol. The minimum atomic E-state index is -4.74. The molecule has 0 heterocycles. The normalized spacial score (nSPS) is 10.8. The molecule has 0 fully saturated rings. The molecule has 22 heavy (non-hydrogen) atoms. The third kappa shape index (κ3) is 7.51. The molecule has 0 aromatic heterocycles. The van der Waals surface area contributed by atoms with Crippen LogP contribution >= 0.6 is 12.4 Å². The molecule has 0 atom stereocenters. The molecule has 0 radical (unpaired) electrons. The van der Waals surface area contributed by atoms with Crippen LogP contribution in [0.1, 0.15) is 18.4 Å². The quantitative estimate of drug-likeness (QED) is 0.776. The SMILES string of the molecule is CNCCCC(=O)N(C)Cc1ccccc1OC(F)(F)F.Cl. The van der Waals surface area contributed by atoms with Crippen molar-refractivity contribution in [3.05, 3.63) is 29.8 Å². The van der Waals surface area contributed by atoms with E-state index in [0.29, 0.717) is 24.9 Å². The molecule has 0 spiro atoms. The van der Waals surface area contributed by atoms with Crippen LogP contribution in [0.25, 0.3) is 0 Å². The number of benzene rings is 1. The van der Waals surface area contributed by atoms with Gasteiger partial charge in [0.15, 0.2) is 0 Å². The average molecular weight is 341 g/mol. The van der Waals surface area contributed by atoms with Crippen molar-refractivity contribution < 1.29 is 22.7 Å². The number of nitrogens with one attached hydrogen (secondary N) is 1. The molecule has 0 saturated carbocycles. The zero-order chi connectivity index (χ0) is 15.9. The van der Waals surface area contributed by atoms with Crippen LogP contribution in [0.5, 0.6) is 5.75 Å². The van der Waals surface area contributed by atoms with Gasteiger partial charge in [-0.25, -0.2) is 0 Å². The average Bonchev–Trinajstić information content (AvgIpc) is 2.39. The smallest absolute Gasteiger partial charge is 0.405 e. The van der Waals surface area contributed by atoms with Gasteiger partial charge in [-0.05, 0) is 26.1 Å². The van der Waals surface area contributed by atoms with Crippen LogP contribution < -0.4 is 10.1 Å². The van der Waals surface area contributed by atoms with Gasteiger partial charge in [0.05, 0.1) is 0 Å². The first kappa shape index (κ1) is 20.5. The van der Waals surface area contributed by atoms with Crippen molar-refractivity contribution in [3.63, 3.8) is 0 Å². The number of hydrogen-bond acceptors (Lipinski definition) is 3. The fourth-order valence-electron chi connectivity index (χ4n) is 1.81. The molecule has 8 heteroatoms. The minimum absolute atomic E-state index is 0. The summed E-state index contributed by atoms with van der Waals surface area (Å²) in [7, 11) is 3.35. The van der Waals surface area contributed by atoms with Crippen LogP contribution in [0.4, 0.5) is 13.2 Å². The standard InChI is InChI=1S/C14H19F3N2O2.ClH/c1-18-9-5-8-13(20)19(2)10-11-6-3-4-7-12(11)21-14(15,16)17;/h3-4,6-7,18H,5,8-10H2,1-2H3;1H. The van der Waals surface area contributed by atoms with E-state index in [1.54, 1.807) is 20.2 Å². The second kappa shape index (κ2) is 9.53. The van der Waals surface area contributed by atoms with Crippen molar-refractivity contribution in [2.75, 3.05) is 20.6 Å². The fourth-order valence-corrected chi connectivity index (χ4v) is 1.81. The van der Waals surface area contributed by atoms with Crippen molar-refractivity contribution in [1.82, 2.24) is 10.2 Å². The first-order valence-corrected chi connectivity index (χ1v) is 6.55. The molecule has 0 aliphatic rings. The maximum atomic E-state index is 12.3. The van der Waals surface area contributed by atoms with Crippen molar-refractivity contribution >= 4 is 18.3 Å². The summed E-state index contributed by atoms with van der Waals surface area (Å²) < 4.78 is 40.9. The topological polar surface area (TPSA) is 41.6 Å². The number of para-hydroxylation sites is 1. The Kier molecular flexibility index (Phi) is 8.89. The molecular weight excluding hydrogens is 321 g/mol. The van der Waals surface area contributed by atoms with Crippen LogP contribution in [-0.2, 0) is 11.3 Å². The summed E-state index contributed by atoms with van der Waals surface area (Å²) in [5.74, 6) is -0.396. The molecule has 0 bridgehead atoms. The van der Waals surface area contributed by atoms with Gasteiger partial charge in [0.25, 0.3) is 0 Å². The van der Waals surface area contributed by atoms with Crippen LogP contribution in [0.3, 0.4) is 0 Å². The van der Waals surface area contributed by atoms with E-state index >= 15 is 0 Å². The van der Waals surface area contributed by atoms with E-state index in [2.05, 4.69) is 10.1 Å². The number of carbonyl (C=O) groups is 1. The van der Waals surface area contributed by atoms with E-state index < -0.39 is 6.36 Å². The Bertz CT molecular complexity index is 470. The summed E-state index contributed by atoms with van der Waals surface area (Å²) in [6, 6.07) is 5.82. The van der Waals surface area contributed by atoms with Crippen LogP contribution in [-0.4, -0.2) is 37.8 Å². The number of hydrogen-bond donors (Lipinski definition) is 1. The Morgan fingerprint density at radius 1 is 1.32 bits per heavy atom. The summed E-state index contributed by atoms with van der Waals surface area (Å²) in [5, 5.41) is 2.93. The number of ether oxygens (including phenoxy) is 1. The lowest BCUT2D eigenvalue weighted by Crippen LogP contribution is -2.27. The van der Waals surface area contributed by atoms with Crippen molar-refractivity contribution in [2.45, 2.75) is 25.7 Å². The second-order valence-electron chi connectivity index (χ2n) is 4.61. The lowest BCUT2D eigenvalue weighted by Gasteiger charge is -2.20. The number of carbonyl (C=O) groups excluding carboxylic acids is 1. The highest BCUT2D eigenvalue weighted by Gasteiger charge is 2.32. The fraction of sp³-hybridized carbons (Fsp3) is 0.500. The van der Waals surface area contributed by atoms with Gasteiger partial charge in [0.1, 0.15) is 5.75 Å². The van der Waals surface area contributed by atoms with Gasteiger partial charge in [0.2, 0.25) is 5.91 Å². The third-order valence-electron chi connectivity index (χ3n) is 2.85. The van der Waals surface area contributed by atoms with Gasteiger partial charge in [-0.2, -0.15) is 0 Å². The summed E-state index contributed by atoms with van der Waals surface area (Å²) in [6.07, 6.45) is -3.72. The third-order valence-corrected chi connectivity index (χ3v) is 2.85. The van der Waals surface area contributed by atoms with Crippen LogP contribution in [0.2, 0.25) is 0 Å². The number of rotatable bonds is 7. The maximum absolute atomic E-state index is 12.3. The Balaban J connectivity index is 0.00000441.